The number of nitrogens with zero attached hydrogens (tertiary/aromatic N) is 1. The molecule has 0 fully saturated rings. The lowest BCUT2D eigenvalue weighted by Gasteiger charge is -2.03. The topological polar surface area (TPSA) is 39.2 Å². The summed E-state index contributed by atoms with van der Waals surface area (Å²) in [5.74, 6) is -0.283. The lowest BCUT2D eigenvalue weighted by Crippen LogP contribution is -2.05. The highest BCUT2D eigenvalue weighted by atomic mass is 32.2. The number of aromatic nitrogens is 1. The average Bonchev–Trinajstić information content (AvgIpc) is 2.68. The fourth-order valence-corrected chi connectivity index (χ4v) is 2.52. The number of ether oxygens (including phenoxy) is 1. The quantitative estimate of drug-likeness (QED) is 0.523. The Hall–Kier alpha value is -1.07. The van der Waals surface area contributed by atoms with Gasteiger partial charge >= 0.3 is 5.97 Å². The van der Waals surface area contributed by atoms with Gasteiger partial charge < -0.3 is 4.74 Å². The maximum Gasteiger partial charge on any atom is 0.338 e. The third kappa shape index (κ3) is 2.98. The number of rotatable bonds is 4. The molecule has 0 unspecified atom stereocenters. The molecular weight excluding hydrogens is 254 g/mol. The monoisotopic (exact) mass is 267 g/mol. The number of carbonyl (C=O) groups excluding carboxylic acids is 1. The molecule has 3 nitrogen and oxygen atoms in total. The van der Waals surface area contributed by atoms with E-state index in [0.29, 0.717) is 16.5 Å². The van der Waals surface area contributed by atoms with Crippen LogP contribution in [0.4, 0.5) is 0 Å². The first-order valence-corrected chi connectivity index (χ1v) is 6.73. The van der Waals surface area contributed by atoms with Gasteiger partial charge in [-0.05, 0) is 24.6 Å². The second-order valence-corrected chi connectivity index (χ2v) is 5.43. The van der Waals surface area contributed by atoms with Gasteiger partial charge in [0.25, 0.3) is 0 Å². The molecule has 0 radical (unpaired) electrons. The molecule has 0 bridgehead atoms. The summed E-state index contributed by atoms with van der Waals surface area (Å²) in [4.78, 5) is 15.9. The Kier molecular flexibility index (Phi) is 4.02. The van der Waals surface area contributed by atoms with E-state index in [1.54, 1.807) is 12.1 Å². The number of fused-ring (bicyclic) bond motifs is 1. The van der Waals surface area contributed by atoms with E-state index in [1.807, 2.05) is 6.07 Å². The van der Waals surface area contributed by atoms with Gasteiger partial charge in [0.05, 0.1) is 22.4 Å². The molecule has 90 valence electrons. The van der Waals surface area contributed by atoms with Gasteiger partial charge in [-0.25, -0.2) is 9.78 Å². The van der Waals surface area contributed by atoms with E-state index < -0.39 is 0 Å². The molecule has 0 atom stereocenters. The van der Waals surface area contributed by atoms with Crippen molar-refractivity contribution in [1.82, 2.24) is 4.98 Å². The zero-order valence-electron chi connectivity index (χ0n) is 9.47. The Morgan fingerprint density at radius 2 is 2.35 bits per heavy atom. The molecule has 0 aliphatic heterocycles. The van der Waals surface area contributed by atoms with Crippen molar-refractivity contribution in [1.29, 1.82) is 0 Å². The van der Waals surface area contributed by atoms with Gasteiger partial charge in [0, 0.05) is 0 Å². The smallest absolute Gasteiger partial charge is 0.338 e. The number of hydrogen-bond acceptors (Lipinski definition) is 5. The fourth-order valence-electron chi connectivity index (χ4n) is 1.43. The lowest BCUT2D eigenvalue weighted by atomic mass is 10.2. The van der Waals surface area contributed by atoms with Gasteiger partial charge in [-0.1, -0.05) is 13.3 Å². The first-order valence-electron chi connectivity index (χ1n) is 5.47. The SMILES string of the molecule is CCCCOC(=O)c1ccc2sc(S)nc2c1. The Morgan fingerprint density at radius 3 is 3.12 bits per heavy atom. The molecule has 2 aromatic rings. The summed E-state index contributed by atoms with van der Waals surface area (Å²) in [7, 11) is 0. The van der Waals surface area contributed by atoms with Gasteiger partial charge in [0.1, 0.15) is 4.34 Å². The van der Waals surface area contributed by atoms with E-state index in [1.165, 1.54) is 11.3 Å². The molecule has 0 saturated carbocycles. The van der Waals surface area contributed by atoms with Crippen LogP contribution >= 0.6 is 24.0 Å². The summed E-state index contributed by atoms with van der Waals surface area (Å²) < 4.78 is 6.87. The maximum atomic E-state index is 11.7. The molecule has 1 heterocycles. The third-order valence-corrected chi connectivity index (χ3v) is 3.56. The number of thiazole rings is 1. The van der Waals surface area contributed by atoms with Crippen molar-refractivity contribution in [2.45, 2.75) is 24.1 Å². The molecule has 2 rings (SSSR count). The van der Waals surface area contributed by atoms with E-state index in [0.717, 1.165) is 23.1 Å². The van der Waals surface area contributed by atoms with E-state index >= 15 is 0 Å². The summed E-state index contributed by atoms with van der Waals surface area (Å²) in [6.45, 7) is 2.53. The summed E-state index contributed by atoms with van der Waals surface area (Å²) in [5.41, 5.74) is 1.34. The summed E-state index contributed by atoms with van der Waals surface area (Å²) in [6, 6.07) is 5.39. The van der Waals surface area contributed by atoms with Crippen molar-refractivity contribution >= 4 is 40.2 Å². The summed E-state index contributed by atoms with van der Waals surface area (Å²) in [6.07, 6.45) is 1.91. The van der Waals surface area contributed by atoms with Crippen molar-refractivity contribution in [3.05, 3.63) is 23.8 Å². The minimum absolute atomic E-state index is 0.283. The standard InChI is InChI=1S/C12H13NO2S2/c1-2-3-6-15-11(14)8-4-5-10-9(7-8)13-12(16)17-10/h4-5,7H,2-3,6H2,1H3,(H,13,16). The Labute approximate surface area is 109 Å². The Balaban J connectivity index is 2.15. The molecule has 1 aromatic carbocycles. The highest BCUT2D eigenvalue weighted by Crippen LogP contribution is 2.25. The zero-order valence-corrected chi connectivity index (χ0v) is 11.2. The molecule has 0 aliphatic rings. The maximum absolute atomic E-state index is 11.7. The number of esters is 1. The predicted molar refractivity (Wildman–Crippen MR) is 72.1 cm³/mol. The summed E-state index contributed by atoms with van der Waals surface area (Å²) in [5, 5.41) is 0. The first kappa shape index (κ1) is 12.4. The second-order valence-electron chi connectivity index (χ2n) is 3.67. The van der Waals surface area contributed by atoms with Gasteiger partial charge in [0.15, 0.2) is 0 Å². The van der Waals surface area contributed by atoms with E-state index in [2.05, 4.69) is 24.5 Å². The van der Waals surface area contributed by atoms with E-state index in [4.69, 9.17) is 4.74 Å². The van der Waals surface area contributed by atoms with Gasteiger partial charge in [0.2, 0.25) is 0 Å². The van der Waals surface area contributed by atoms with Crippen molar-refractivity contribution in [3.63, 3.8) is 0 Å². The largest absolute Gasteiger partial charge is 0.462 e. The van der Waals surface area contributed by atoms with Crippen LogP contribution in [0.1, 0.15) is 30.1 Å². The van der Waals surface area contributed by atoms with E-state index in [-0.39, 0.29) is 5.97 Å². The minimum atomic E-state index is -0.283. The second kappa shape index (κ2) is 5.51. The fraction of sp³-hybridized carbons (Fsp3) is 0.333. The molecule has 17 heavy (non-hydrogen) atoms. The van der Waals surface area contributed by atoms with Crippen LogP contribution < -0.4 is 0 Å². The molecule has 0 saturated heterocycles. The average molecular weight is 267 g/mol. The lowest BCUT2D eigenvalue weighted by molar-refractivity contribution is 0.0500. The van der Waals surface area contributed by atoms with Crippen molar-refractivity contribution < 1.29 is 9.53 Å². The number of carbonyl (C=O) groups is 1. The third-order valence-electron chi connectivity index (χ3n) is 2.34. The van der Waals surface area contributed by atoms with Crippen molar-refractivity contribution in [2.24, 2.45) is 0 Å². The number of hydrogen-bond donors (Lipinski definition) is 1. The Morgan fingerprint density at radius 1 is 1.53 bits per heavy atom. The van der Waals surface area contributed by atoms with Crippen molar-refractivity contribution in [3.8, 4) is 0 Å². The number of thiol groups is 1. The highest BCUT2D eigenvalue weighted by Gasteiger charge is 2.09. The molecule has 0 amide bonds. The number of unbranched alkanes of at least 4 members (excludes halogenated alkanes) is 1. The first-order chi connectivity index (χ1) is 8.20. The van der Waals surface area contributed by atoms with Crippen LogP contribution in [0.5, 0.6) is 0 Å². The van der Waals surface area contributed by atoms with Gasteiger partial charge in [-0.15, -0.1) is 24.0 Å². The van der Waals surface area contributed by atoms with Gasteiger partial charge in [-0.2, -0.15) is 0 Å². The van der Waals surface area contributed by atoms with Crippen LogP contribution in [-0.4, -0.2) is 17.6 Å². The van der Waals surface area contributed by atoms with Crippen LogP contribution in [0.15, 0.2) is 22.5 Å². The van der Waals surface area contributed by atoms with Crippen LogP contribution in [-0.2, 0) is 4.74 Å². The predicted octanol–water partition coefficient (Wildman–Crippen LogP) is 3.54. The van der Waals surface area contributed by atoms with Crippen molar-refractivity contribution in [2.75, 3.05) is 6.61 Å². The zero-order chi connectivity index (χ0) is 12.3. The molecule has 0 aliphatic carbocycles. The normalized spacial score (nSPS) is 10.7. The highest BCUT2D eigenvalue weighted by molar-refractivity contribution is 7.82. The molecule has 5 heteroatoms. The molecule has 1 aromatic heterocycles. The molecule has 0 N–H and O–H groups in total. The summed E-state index contributed by atoms with van der Waals surface area (Å²) >= 11 is 5.68. The van der Waals surface area contributed by atoms with E-state index in [9.17, 15) is 4.79 Å². The van der Waals surface area contributed by atoms with Gasteiger partial charge in [-0.3, -0.25) is 0 Å². The van der Waals surface area contributed by atoms with Crippen LogP contribution in [0.3, 0.4) is 0 Å². The molecule has 0 spiro atoms. The Bertz CT molecular complexity index is 536. The molecular formula is C12H13NO2S2. The van der Waals surface area contributed by atoms with Crippen LogP contribution in [0, 0.1) is 0 Å². The van der Waals surface area contributed by atoms with Crippen LogP contribution in [0.2, 0.25) is 0 Å². The van der Waals surface area contributed by atoms with Crippen LogP contribution in [0.25, 0.3) is 10.2 Å². The number of benzene rings is 1. The minimum Gasteiger partial charge on any atom is -0.462 e.